The molecule has 0 unspecified atom stereocenters. The van der Waals surface area contributed by atoms with Gasteiger partial charge in [0, 0.05) is 9.84 Å². The third-order valence-corrected chi connectivity index (χ3v) is 9.49. The average molecular weight is 438 g/mol. The zero-order chi connectivity index (χ0) is 17.1. The zero-order valence-corrected chi connectivity index (χ0v) is 17.4. The Morgan fingerprint density at radius 3 is 2.75 bits per heavy atom. The third-order valence-electron chi connectivity index (χ3n) is 8.10. The van der Waals surface area contributed by atoms with Crippen LogP contribution in [-0.4, -0.2) is 15.6 Å². The van der Waals surface area contributed by atoms with E-state index in [2.05, 4.69) is 61.6 Å². The SMILES string of the molecule is C[C@H](CI)[C@H]1CC[C@H]2C3=CC=C4C[C@@H](O)C=C[C@]4(C)[C@H]3CC[C@]12C. The summed E-state index contributed by atoms with van der Waals surface area (Å²) in [5.74, 6) is 3.17. The number of alkyl halides is 1. The number of halogens is 1. The summed E-state index contributed by atoms with van der Waals surface area (Å²) in [6, 6.07) is 0. The van der Waals surface area contributed by atoms with Crippen molar-refractivity contribution in [2.24, 2.45) is 34.5 Å². The van der Waals surface area contributed by atoms with E-state index in [1.54, 1.807) is 5.57 Å². The molecule has 4 aliphatic carbocycles. The van der Waals surface area contributed by atoms with Crippen molar-refractivity contribution >= 4 is 22.6 Å². The summed E-state index contributed by atoms with van der Waals surface area (Å²) in [6.45, 7) is 7.48. The van der Waals surface area contributed by atoms with Crippen LogP contribution in [0.25, 0.3) is 0 Å². The largest absolute Gasteiger partial charge is 0.389 e. The van der Waals surface area contributed by atoms with Crippen molar-refractivity contribution in [2.75, 3.05) is 4.43 Å². The van der Waals surface area contributed by atoms with Crippen molar-refractivity contribution in [1.82, 2.24) is 0 Å². The number of aliphatic hydroxyl groups excluding tert-OH is 1. The van der Waals surface area contributed by atoms with Crippen LogP contribution in [0.4, 0.5) is 0 Å². The molecule has 0 radical (unpaired) electrons. The van der Waals surface area contributed by atoms with Crippen LogP contribution in [0.2, 0.25) is 0 Å². The number of hydrogen-bond donors (Lipinski definition) is 1. The lowest BCUT2D eigenvalue weighted by Crippen LogP contribution is -2.45. The summed E-state index contributed by atoms with van der Waals surface area (Å²) in [4.78, 5) is 0. The molecular formula is C22H31IO. The highest BCUT2D eigenvalue weighted by atomic mass is 127. The Kier molecular flexibility index (Phi) is 4.31. The first-order chi connectivity index (χ1) is 11.4. The Bertz CT molecular complexity index is 617. The molecule has 24 heavy (non-hydrogen) atoms. The van der Waals surface area contributed by atoms with Crippen LogP contribution in [-0.2, 0) is 0 Å². The molecule has 4 rings (SSSR count). The molecule has 4 aliphatic rings. The third kappa shape index (κ3) is 2.35. The Hall–Kier alpha value is -0.0900. The van der Waals surface area contributed by atoms with E-state index in [-0.39, 0.29) is 11.5 Å². The van der Waals surface area contributed by atoms with Gasteiger partial charge in [-0.2, -0.15) is 0 Å². The van der Waals surface area contributed by atoms with Gasteiger partial charge in [0.05, 0.1) is 6.10 Å². The molecule has 0 bridgehead atoms. The zero-order valence-electron chi connectivity index (χ0n) is 15.3. The van der Waals surface area contributed by atoms with Gasteiger partial charge in [0.1, 0.15) is 0 Å². The lowest BCUT2D eigenvalue weighted by atomic mass is 9.51. The molecule has 0 amide bonds. The molecule has 1 N–H and O–H groups in total. The maximum Gasteiger partial charge on any atom is 0.0758 e. The van der Waals surface area contributed by atoms with Crippen LogP contribution in [0.5, 0.6) is 0 Å². The number of aliphatic hydroxyl groups is 1. The predicted molar refractivity (Wildman–Crippen MR) is 109 cm³/mol. The first-order valence-corrected chi connectivity index (χ1v) is 11.3. The fourth-order valence-corrected chi connectivity index (χ4v) is 7.29. The number of fused-ring (bicyclic) bond motifs is 5. The van der Waals surface area contributed by atoms with Crippen molar-refractivity contribution in [3.05, 3.63) is 35.5 Å². The van der Waals surface area contributed by atoms with Crippen molar-refractivity contribution in [1.29, 1.82) is 0 Å². The van der Waals surface area contributed by atoms with Gasteiger partial charge in [-0.05, 0) is 61.2 Å². The fourth-order valence-electron chi connectivity index (χ4n) is 6.67. The van der Waals surface area contributed by atoms with E-state index in [0.717, 1.165) is 24.2 Å². The second-order valence-corrected chi connectivity index (χ2v) is 10.1. The Labute approximate surface area is 160 Å². The number of allylic oxidation sites excluding steroid dienone is 4. The highest BCUT2D eigenvalue weighted by molar-refractivity contribution is 14.1. The molecule has 2 heteroatoms. The van der Waals surface area contributed by atoms with E-state index < -0.39 is 0 Å². The second kappa shape index (κ2) is 5.97. The smallest absolute Gasteiger partial charge is 0.0758 e. The van der Waals surface area contributed by atoms with Crippen molar-refractivity contribution in [2.45, 2.75) is 59.0 Å². The van der Waals surface area contributed by atoms with Crippen molar-refractivity contribution < 1.29 is 5.11 Å². The van der Waals surface area contributed by atoms with Crippen LogP contribution in [0.1, 0.15) is 52.9 Å². The molecule has 0 aromatic heterocycles. The van der Waals surface area contributed by atoms with Crippen LogP contribution in [0, 0.1) is 34.5 Å². The van der Waals surface area contributed by atoms with Gasteiger partial charge in [-0.25, -0.2) is 0 Å². The van der Waals surface area contributed by atoms with Crippen LogP contribution >= 0.6 is 22.6 Å². The van der Waals surface area contributed by atoms with Gasteiger partial charge >= 0.3 is 0 Å². The summed E-state index contributed by atoms with van der Waals surface area (Å²) in [5, 5.41) is 10.0. The van der Waals surface area contributed by atoms with Gasteiger partial charge in [0.15, 0.2) is 0 Å². The molecule has 0 aromatic rings. The topological polar surface area (TPSA) is 20.2 Å². The van der Waals surface area contributed by atoms with Gasteiger partial charge in [0.2, 0.25) is 0 Å². The number of hydrogen-bond acceptors (Lipinski definition) is 1. The summed E-state index contributed by atoms with van der Waals surface area (Å²) in [7, 11) is 0. The highest BCUT2D eigenvalue weighted by Crippen LogP contribution is 2.65. The lowest BCUT2D eigenvalue weighted by Gasteiger charge is -2.53. The maximum atomic E-state index is 10.0. The van der Waals surface area contributed by atoms with E-state index in [1.165, 1.54) is 35.7 Å². The maximum absolute atomic E-state index is 10.0. The van der Waals surface area contributed by atoms with Gasteiger partial charge in [-0.1, -0.05) is 78.8 Å². The molecule has 0 saturated heterocycles. The second-order valence-electron chi connectivity index (χ2n) is 9.24. The van der Waals surface area contributed by atoms with Crippen LogP contribution in [0.15, 0.2) is 35.5 Å². The summed E-state index contributed by atoms with van der Waals surface area (Å²) >= 11 is 2.58. The first-order valence-electron chi connectivity index (χ1n) is 9.74. The molecule has 0 aromatic carbocycles. The minimum absolute atomic E-state index is 0.150. The van der Waals surface area contributed by atoms with E-state index in [0.29, 0.717) is 11.3 Å². The van der Waals surface area contributed by atoms with Gasteiger partial charge < -0.3 is 5.11 Å². The predicted octanol–water partition coefficient (Wildman–Crippen LogP) is 5.69. The monoisotopic (exact) mass is 438 g/mol. The molecule has 2 fully saturated rings. The van der Waals surface area contributed by atoms with E-state index in [9.17, 15) is 5.11 Å². The first kappa shape index (κ1) is 17.3. The molecule has 7 atom stereocenters. The standard InChI is InChI=1S/C22H31IO/c1-14(13-23)18-6-7-19-17-5-4-15-12-16(24)8-10-21(15,2)20(17)9-11-22(18,19)3/h4-5,8,10,14,16,18-20,24H,6-7,9,11-13H2,1-3H3/t14-,16+,18-,19+,20+,21+,22-/m1/s1. The van der Waals surface area contributed by atoms with Gasteiger partial charge in [-0.15, -0.1) is 0 Å². The van der Waals surface area contributed by atoms with Gasteiger partial charge in [0.25, 0.3) is 0 Å². The van der Waals surface area contributed by atoms with Crippen LogP contribution < -0.4 is 0 Å². The summed E-state index contributed by atoms with van der Waals surface area (Å²) in [5.41, 5.74) is 3.84. The van der Waals surface area contributed by atoms with Crippen LogP contribution in [0.3, 0.4) is 0 Å². The molecule has 132 valence electrons. The van der Waals surface area contributed by atoms with Gasteiger partial charge in [-0.3, -0.25) is 0 Å². The molecular weight excluding hydrogens is 407 g/mol. The molecule has 2 saturated carbocycles. The molecule has 0 aliphatic heterocycles. The Morgan fingerprint density at radius 1 is 1.21 bits per heavy atom. The van der Waals surface area contributed by atoms with E-state index in [1.807, 2.05) is 6.08 Å². The van der Waals surface area contributed by atoms with Crippen molar-refractivity contribution in [3.8, 4) is 0 Å². The quantitative estimate of drug-likeness (QED) is 0.334. The normalized spacial score (nSPS) is 48.0. The Morgan fingerprint density at radius 2 is 2.00 bits per heavy atom. The molecule has 0 heterocycles. The van der Waals surface area contributed by atoms with E-state index in [4.69, 9.17) is 0 Å². The highest BCUT2D eigenvalue weighted by Gasteiger charge is 2.56. The number of rotatable bonds is 2. The average Bonchev–Trinajstić information content (AvgIpc) is 2.92. The minimum atomic E-state index is -0.284. The minimum Gasteiger partial charge on any atom is -0.389 e. The van der Waals surface area contributed by atoms with E-state index >= 15 is 0 Å². The Balaban J connectivity index is 1.70. The van der Waals surface area contributed by atoms with Crippen molar-refractivity contribution in [3.63, 3.8) is 0 Å². The summed E-state index contributed by atoms with van der Waals surface area (Å²) < 4.78 is 1.29. The molecule has 1 nitrogen and oxygen atoms in total. The lowest BCUT2D eigenvalue weighted by molar-refractivity contribution is 0.0676. The summed E-state index contributed by atoms with van der Waals surface area (Å²) in [6.07, 6.45) is 15.2. The fraction of sp³-hybridized carbons (Fsp3) is 0.727. The molecule has 0 spiro atoms.